The van der Waals surface area contributed by atoms with Crippen LogP contribution in [0, 0.1) is 0 Å². The van der Waals surface area contributed by atoms with Crippen molar-refractivity contribution < 1.29 is 14.3 Å². The van der Waals surface area contributed by atoms with Crippen LogP contribution in [0.1, 0.15) is 35.8 Å². The van der Waals surface area contributed by atoms with Crippen LogP contribution >= 0.6 is 11.3 Å². The molecule has 0 fully saturated rings. The lowest BCUT2D eigenvalue weighted by molar-refractivity contribution is -0.136. The zero-order chi connectivity index (χ0) is 22.7. The molecule has 32 heavy (non-hydrogen) atoms. The van der Waals surface area contributed by atoms with E-state index in [2.05, 4.69) is 19.2 Å². The van der Waals surface area contributed by atoms with Gasteiger partial charge in [-0.2, -0.15) is 0 Å². The predicted octanol–water partition coefficient (Wildman–Crippen LogP) is 5.31. The summed E-state index contributed by atoms with van der Waals surface area (Å²) >= 11 is 1.46. The second-order valence-electron chi connectivity index (χ2n) is 7.99. The number of hydrogen-bond acceptors (Lipinski definition) is 5. The van der Waals surface area contributed by atoms with Crippen LogP contribution in [-0.4, -0.2) is 30.4 Å². The summed E-state index contributed by atoms with van der Waals surface area (Å²) in [7, 11) is 1.62. The molecule has 6 heteroatoms. The number of rotatable bonds is 8. The Hall–Kier alpha value is -3.38. The fraction of sp³-hybridized carbons (Fsp3) is 0.231. The molecule has 0 spiro atoms. The Labute approximate surface area is 192 Å². The molecule has 0 bridgehead atoms. The van der Waals surface area contributed by atoms with Crippen molar-refractivity contribution in [3.63, 3.8) is 0 Å². The van der Waals surface area contributed by atoms with Crippen LogP contribution in [0.5, 0.6) is 5.75 Å². The van der Waals surface area contributed by atoms with Crippen molar-refractivity contribution in [3.8, 4) is 5.75 Å². The van der Waals surface area contributed by atoms with Gasteiger partial charge in [-0.1, -0.05) is 44.2 Å². The average molecular weight is 447 g/mol. The molecule has 0 atom stereocenters. The minimum absolute atomic E-state index is 0.257. The van der Waals surface area contributed by atoms with E-state index in [9.17, 15) is 9.59 Å². The third-order valence-electron chi connectivity index (χ3n) is 5.57. The first-order valence-corrected chi connectivity index (χ1v) is 11.5. The Kier molecular flexibility index (Phi) is 6.42. The molecule has 1 aliphatic rings. The minimum Gasteiger partial charge on any atom is -0.497 e. The summed E-state index contributed by atoms with van der Waals surface area (Å²) in [6, 6.07) is 19.4. The lowest BCUT2D eigenvalue weighted by Crippen LogP contribution is -2.34. The van der Waals surface area contributed by atoms with Crippen LogP contribution in [0.4, 0.5) is 5.69 Å². The van der Waals surface area contributed by atoms with E-state index in [1.807, 2.05) is 66.0 Å². The van der Waals surface area contributed by atoms with Crippen LogP contribution in [0.2, 0.25) is 0 Å². The molecule has 5 nitrogen and oxygen atoms in total. The summed E-state index contributed by atoms with van der Waals surface area (Å²) in [6.45, 7) is 4.59. The summed E-state index contributed by atoms with van der Waals surface area (Å²) in [5.41, 5.74) is 3.82. The lowest BCUT2D eigenvalue weighted by atomic mass is 10.0. The van der Waals surface area contributed by atoms with Crippen LogP contribution in [0.3, 0.4) is 0 Å². The first-order valence-electron chi connectivity index (χ1n) is 10.6. The molecule has 3 aromatic rings. The zero-order valence-corrected chi connectivity index (χ0v) is 19.2. The lowest BCUT2D eigenvalue weighted by Gasteiger charge is -2.15. The topological polar surface area (TPSA) is 58.6 Å². The molecule has 4 rings (SSSR count). The summed E-state index contributed by atoms with van der Waals surface area (Å²) < 4.78 is 5.20. The molecular weight excluding hydrogens is 420 g/mol. The minimum atomic E-state index is -0.292. The number of ether oxygens (including phenoxy) is 1. The molecule has 1 N–H and O–H groups in total. The van der Waals surface area contributed by atoms with E-state index in [-0.39, 0.29) is 11.8 Å². The Bertz CT molecular complexity index is 1130. The van der Waals surface area contributed by atoms with Crippen molar-refractivity contribution in [2.24, 2.45) is 0 Å². The molecule has 1 aliphatic heterocycles. The zero-order valence-electron chi connectivity index (χ0n) is 18.4. The number of imide groups is 1. The van der Waals surface area contributed by atoms with Crippen molar-refractivity contribution in [1.29, 1.82) is 0 Å². The number of hydrogen-bond donors (Lipinski definition) is 1. The van der Waals surface area contributed by atoms with Crippen molar-refractivity contribution in [2.75, 3.05) is 19.0 Å². The van der Waals surface area contributed by atoms with Gasteiger partial charge in [-0.3, -0.25) is 14.5 Å². The number of methoxy groups -OCH3 is 1. The predicted molar refractivity (Wildman–Crippen MR) is 129 cm³/mol. The van der Waals surface area contributed by atoms with E-state index in [1.54, 1.807) is 7.11 Å². The maximum atomic E-state index is 13.3. The van der Waals surface area contributed by atoms with Gasteiger partial charge in [-0.15, -0.1) is 11.3 Å². The van der Waals surface area contributed by atoms with E-state index in [4.69, 9.17) is 4.74 Å². The smallest absolute Gasteiger partial charge is 0.278 e. The fourth-order valence-electron chi connectivity index (χ4n) is 3.67. The van der Waals surface area contributed by atoms with Gasteiger partial charge in [0.25, 0.3) is 11.8 Å². The average Bonchev–Trinajstić information content (AvgIpc) is 3.40. The van der Waals surface area contributed by atoms with E-state index >= 15 is 0 Å². The highest BCUT2D eigenvalue weighted by atomic mass is 32.1. The molecule has 2 amide bonds. The van der Waals surface area contributed by atoms with Gasteiger partial charge in [-0.05, 0) is 59.2 Å². The number of carbonyl (C=O) groups is 2. The van der Waals surface area contributed by atoms with Gasteiger partial charge >= 0.3 is 0 Å². The van der Waals surface area contributed by atoms with Crippen LogP contribution in [-0.2, 0) is 16.0 Å². The highest BCUT2D eigenvalue weighted by Crippen LogP contribution is 2.33. The molecule has 0 radical (unpaired) electrons. The van der Waals surface area contributed by atoms with Gasteiger partial charge < -0.3 is 10.1 Å². The third kappa shape index (κ3) is 4.46. The quantitative estimate of drug-likeness (QED) is 0.476. The first kappa shape index (κ1) is 21.8. The van der Waals surface area contributed by atoms with Crippen LogP contribution < -0.4 is 10.1 Å². The Morgan fingerprint density at radius 1 is 0.969 bits per heavy atom. The maximum absolute atomic E-state index is 13.3. The number of nitrogens with zero attached hydrogens (tertiary/aromatic N) is 1. The van der Waals surface area contributed by atoms with Gasteiger partial charge in [0.05, 0.1) is 12.7 Å². The molecule has 2 aromatic carbocycles. The molecular formula is C26H26N2O3S. The molecule has 0 aliphatic carbocycles. The largest absolute Gasteiger partial charge is 0.497 e. The Balaban J connectivity index is 1.57. The Morgan fingerprint density at radius 2 is 1.69 bits per heavy atom. The van der Waals surface area contributed by atoms with Gasteiger partial charge in [0.1, 0.15) is 11.4 Å². The number of thiophene rings is 1. The van der Waals surface area contributed by atoms with Crippen molar-refractivity contribution in [1.82, 2.24) is 4.90 Å². The van der Waals surface area contributed by atoms with Crippen LogP contribution in [0.25, 0.3) is 5.57 Å². The second-order valence-corrected chi connectivity index (χ2v) is 8.94. The number of amides is 2. The summed E-state index contributed by atoms with van der Waals surface area (Å²) in [5, 5.41) is 5.14. The number of benzene rings is 2. The number of nitrogens with one attached hydrogen (secondary N) is 1. The molecule has 164 valence electrons. The van der Waals surface area contributed by atoms with Gasteiger partial charge in [0.15, 0.2) is 0 Å². The first-order chi connectivity index (χ1) is 15.5. The molecule has 1 aromatic heterocycles. The summed E-state index contributed by atoms with van der Waals surface area (Å²) in [4.78, 5) is 28.7. The monoisotopic (exact) mass is 446 g/mol. The SMILES string of the molecule is COc1ccc(CCN2C(=O)C(Nc3ccc(C(C)C)cc3)=C(c3cccs3)C2=O)cc1. The van der Waals surface area contributed by atoms with Crippen molar-refractivity contribution in [2.45, 2.75) is 26.2 Å². The van der Waals surface area contributed by atoms with E-state index < -0.39 is 0 Å². The van der Waals surface area contributed by atoms with Gasteiger partial charge in [0.2, 0.25) is 0 Å². The number of anilines is 1. The standard InChI is InChI=1S/C26H26N2O3S/c1-17(2)19-8-10-20(11-9-19)27-24-23(22-5-4-16-32-22)25(29)28(26(24)30)15-14-18-6-12-21(31-3)13-7-18/h4-13,16-17,27H,14-15H2,1-3H3. The van der Waals surface area contributed by atoms with Crippen molar-refractivity contribution >= 4 is 34.4 Å². The van der Waals surface area contributed by atoms with E-state index in [1.165, 1.54) is 21.8 Å². The van der Waals surface area contributed by atoms with Gasteiger partial charge in [-0.25, -0.2) is 0 Å². The van der Waals surface area contributed by atoms with Crippen molar-refractivity contribution in [3.05, 3.63) is 87.7 Å². The third-order valence-corrected chi connectivity index (χ3v) is 6.45. The highest BCUT2D eigenvalue weighted by Gasteiger charge is 2.39. The molecule has 0 unspecified atom stereocenters. The molecule has 2 heterocycles. The second kappa shape index (κ2) is 9.40. The van der Waals surface area contributed by atoms with Gasteiger partial charge in [0, 0.05) is 17.1 Å². The normalized spacial score (nSPS) is 13.9. The maximum Gasteiger partial charge on any atom is 0.278 e. The number of carbonyl (C=O) groups excluding carboxylic acids is 2. The van der Waals surface area contributed by atoms with E-state index in [0.29, 0.717) is 30.2 Å². The van der Waals surface area contributed by atoms with Crippen LogP contribution in [0.15, 0.2) is 71.7 Å². The fourth-order valence-corrected chi connectivity index (χ4v) is 4.44. The highest BCUT2D eigenvalue weighted by molar-refractivity contribution is 7.11. The Morgan fingerprint density at radius 3 is 2.28 bits per heavy atom. The molecule has 0 saturated heterocycles. The summed E-state index contributed by atoms with van der Waals surface area (Å²) in [6.07, 6.45) is 0.579. The summed E-state index contributed by atoms with van der Waals surface area (Å²) in [5.74, 6) is 0.652. The van der Waals surface area contributed by atoms with E-state index in [0.717, 1.165) is 21.9 Å². The molecule has 0 saturated carbocycles.